The highest BCUT2D eigenvalue weighted by Gasteiger charge is 2.56. The van der Waals surface area contributed by atoms with Crippen molar-refractivity contribution in [3.8, 4) is 17.6 Å². The first-order chi connectivity index (χ1) is 46.6. The maximum absolute atomic E-state index is 14.0. The average molecular weight is 1420 g/mol. The van der Waals surface area contributed by atoms with Crippen molar-refractivity contribution in [2.75, 3.05) is 44.7 Å². The van der Waals surface area contributed by atoms with Gasteiger partial charge in [0.15, 0.2) is 57.2 Å². The molecular formula is C67H85N11O16P2Si2. The summed E-state index contributed by atoms with van der Waals surface area (Å²) in [5.41, 5.74) is 0.884. The van der Waals surface area contributed by atoms with E-state index < -0.39 is 122 Å². The quantitative estimate of drug-likeness (QED) is 0.0153. The molecule has 2 fully saturated rings. The molecule has 2 saturated heterocycles. The van der Waals surface area contributed by atoms with Gasteiger partial charge in [0.2, 0.25) is 11.9 Å². The van der Waals surface area contributed by atoms with Crippen molar-refractivity contribution in [3.63, 3.8) is 0 Å². The Bertz CT molecular complexity index is 4140. The normalized spacial score (nSPS) is 20.7. The van der Waals surface area contributed by atoms with Crippen LogP contribution >= 0.6 is 16.9 Å². The van der Waals surface area contributed by atoms with Crippen molar-refractivity contribution in [1.29, 1.82) is 5.26 Å². The molecule has 0 saturated carbocycles. The Morgan fingerprint density at radius 1 is 0.704 bits per heavy atom. The molecule has 4 N–H and O–H groups in total. The number of rotatable bonds is 28. The van der Waals surface area contributed by atoms with Gasteiger partial charge in [0.05, 0.1) is 59.2 Å². The van der Waals surface area contributed by atoms with Gasteiger partial charge >= 0.3 is 16.9 Å². The third-order valence-corrected chi connectivity index (χ3v) is 28.8. The summed E-state index contributed by atoms with van der Waals surface area (Å²) >= 11 is 0. The van der Waals surface area contributed by atoms with Crippen molar-refractivity contribution in [2.24, 2.45) is 5.92 Å². The van der Waals surface area contributed by atoms with E-state index in [9.17, 15) is 29.1 Å². The number of amides is 2. The van der Waals surface area contributed by atoms with Crippen LogP contribution in [0.25, 0.3) is 22.3 Å². The smallest absolute Gasteiger partial charge is 0.333 e. The molecule has 2 amide bonds. The van der Waals surface area contributed by atoms with E-state index in [0.717, 1.165) is 16.7 Å². The van der Waals surface area contributed by atoms with Crippen LogP contribution in [0.5, 0.6) is 11.5 Å². The van der Waals surface area contributed by atoms with Crippen LogP contribution in [0.15, 0.2) is 133 Å². The number of aromatic nitrogens is 8. The molecule has 522 valence electrons. The Morgan fingerprint density at radius 3 is 1.79 bits per heavy atom. The minimum absolute atomic E-state index is 0.0120. The molecule has 8 aromatic rings. The zero-order valence-corrected chi connectivity index (χ0v) is 61.1. The van der Waals surface area contributed by atoms with Gasteiger partial charge < -0.3 is 56.3 Å². The second-order valence-electron chi connectivity index (χ2n) is 27.1. The standard InChI is InChI=1S/C67H85N11O16P2Si2/c1-41(2)59(79)75-64-74-58-51(61(81)76-64)72-40-78(58)63-55(52(93-97(11,12)65(3,4)5)48(89-63)36-86-67(43-24-19-16-20-25-43,44-26-30-46(84-9)31-27-44)45-28-32-47(85-10)33-29-45)92-96(87-35-21-34-68)88-37-49-53(94-98(13,14)66(6,7)8)54(91-95(82)83)62(90-49)77-39-71-50-56(69-38-70-57(50)77)73-60(80)42-22-17-15-18-23-42/h15-20,22-33,38-41,48-49,52-55,62-63,95H,21,35-37H2,1-14H3,(H,82,83)(H,69,70,73,80)(H2,74,75,76,79,81)/t48-,49-,52-,53-,54-,55-,62-,63-,96?/m1/s1. The van der Waals surface area contributed by atoms with E-state index in [1.807, 2.05) is 113 Å². The monoisotopic (exact) mass is 1420 g/mol. The maximum Gasteiger partial charge on any atom is 0.333 e. The number of benzene rings is 4. The van der Waals surface area contributed by atoms with Gasteiger partial charge in [-0.2, -0.15) is 10.2 Å². The van der Waals surface area contributed by atoms with Crippen molar-refractivity contribution in [2.45, 2.75) is 153 Å². The number of fused-ring (bicyclic) bond motifs is 2. The average Bonchev–Trinajstić information content (AvgIpc) is 1.12. The fourth-order valence-corrected chi connectivity index (χ4v) is 15.2. The molecule has 98 heavy (non-hydrogen) atoms. The van der Waals surface area contributed by atoms with E-state index in [-0.39, 0.29) is 60.3 Å². The predicted octanol–water partition coefficient (Wildman–Crippen LogP) is 11.7. The summed E-state index contributed by atoms with van der Waals surface area (Å²) in [6.45, 7) is 23.3. The zero-order chi connectivity index (χ0) is 70.5. The van der Waals surface area contributed by atoms with Gasteiger partial charge in [-0.15, -0.1) is 0 Å². The van der Waals surface area contributed by atoms with Crippen LogP contribution in [0.1, 0.15) is 101 Å². The lowest BCUT2D eigenvalue weighted by molar-refractivity contribution is -0.118. The molecule has 10 atom stereocenters. The molecule has 4 aromatic carbocycles. The number of nitriles is 1. The van der Waals surface area contributed by atoms with E-state index in [1.165, 1.54) is 28.1 Å². The number of hydrogen-bond donors (Lipinski definition) is 4. The number of hydrogen-bond acceptors (Lipinski definition) is 21. The Labute approximate surface area is 572 Å². The lowest BCUT2D eigenvalue weighted by Crippen LogP contribution is -2.51. The van der Waals surface area contributed by atoms with Crippen molar-refractivity contribution < 1.29 is 69.7 Å². The van der Waals surface area contributed by atoms with E-state index in [2.05, 4.69) is 75.5 Å². The number of ether oxygens (including phenoxy) is 5. The van der Waals surface area contributed by atoms with E-state index >= 15 is 0 Å². The number of carbonyl (C=O) groups is 2. The summed E-state index contributed by atoms with van der Waals surface area (Å²) < 4.78 is 90.9. The third-order valence-electron chi connectivity index (χ3n) is 18.3. The van der Waals surface area contributed by atoms with E-state index in [4.69, 9.17) is 55.6 Å². The number of anilines is 2. The minimum atomic E-state index is -3.75. The van der Waals surface area contributed by atoms with Crippen molar-refractivity contribution >= 4 is 79.4 Å². The molecule has 27 nitrogen and oxygen atoms in total. The fraction of sp³-hybridized carbons (Fsp3) is 0.448. The number of carbonyl (C=O) groups excluding carboxylic acids is 2. The van der Waals surface area contributed by atoms with Gasteiger partial charge in [-0.25, -0.2) is 19.9 Å². The Morgan fingerprint density at radius 2 is 1.23 bits per heavy atom. The summed E-state index contributed by atoms with van der Waals surface area (Å²) in [7, 11) is -9.05. The molecule has 4 aromatic heterocycles. The molecule has 2 aliphatic heterocycles. The van der Waals surface area contributed by atoms with Crippen LogP contribution in [0.2, 0.25) is 36.3 Å². The van der Waals surface area contributed by atoms with Crippen LogP contribution in [0.4, 0.5) is 11.8 Å². The lowest BCUT2D eigenvalue weighted by Gasteiger charge is -2.41. The summed E-state index contributed by atoms with van der Waals surface area (Å²) in [5, 5.41) is 14.7. The number of methoxy groups -OCH3 is 2. The fourth-order valence-electron chi connectivity index (χ4n) is 10.9. The molecular weight excluding hydrogens is 1330 g/mol. The molecule has 2 unspecified atom stereocenters. The summed E-state index contributed by atoms with van der Waals surface area (Å²) in [5.74, 6) is -0.149. The van der Waals surface area contributed by atoms with Crippen LogP contribution < -0.4 is 25.7 Å². The summed E-state index contributed by atoms with van der Waals surface area (Å²) in [4.78, 5) is 76.9. The number of aromatic amines is 1. The molecule has 31 heteroatoms. The van der Waals surface area contributed by atoms with Gasteiger partial charge in [-0.05, 0) is 89.4 Å². The molecule has 2 aliphatic rings. The summed E-state index contributed by atoms with van der Waals surface area (Å²) in [6.07, 6.45) is -5.57. The molecule has 0 aliphatic carbocycles. The lowest BCUT2D eigenvalue weighted by atomic mass is 9.80. The maximum atomic E-state index is 14.0. The molecule has 0 radical (unpaired) electrons. The van der Waals surface area contributed by atoms with Gasteiger partial charge in [-0.1, -0.05) is 128 Å². The highest BCUT2D eigenvalue weighted by molar-refractivity contribution is 7.41. The highest BCUT2D eigenvalue weighted by atomic mass is 31.2. The highest BCUT2D eigenvalue weighted by Crippen LogP contribution is 2.53. The number of H-pyrrole nitrogens is 1. The van der Waals surface area contributed by atoms with Crippen LogP contribution in [0.3, 0.4) is 0 Å². The molecule has 10 rings (SSSR count). The Kier molecular flexibility index (Phi) is 22.8. The third kappa shape index (κ3) is 15.9. The Balaban J connectivity index is 1.09. The topological polar surface area (TPSA) is 328 Å². The second-order valence-corrected chi connectivity index (χ2v) is 38.5. The molecule has 6 heterocycles. The van der Waals surface area contributed by atoms with Crippen LogP contribution in [-0.2, 0) is 56.1 Å². The first kappa shape index (κ1) is 73.2. The van der Waals surface area contributed by atoms with Crippen LogP contribution in [-0.4, -0.2) is 143 Å². The van der Waals surface area contributed by atoms with Crippen molar-refractivity contribution in [1.82, 2.24) is 39.0 Å². The van der Waals surface area contributed by atoms with Crippen molar-refractivity contribution in [3.05, 3.63) is 161 Å². The molecule has 0 bridgehead atoms. The van der Waals surface area contributed by atoms with Gasteiger partial charge in [0, 0.05) is 11.5 Å². The first-order valence-corrected chi connectivity index (χ1v) is 40.2. The molecule has 0 spiro atoms. The van der Waals surface area contributed by atoms with Gasteiger partial charge in [0.1, 0.15) is 60.1 Å². The summed E-state index contributed by atoms with van der Waals surface area (Å²) in [6, 6.07) is 35.7. The predicted molar refractivity (Wildman–Crippen MR) is 372 cm³/mol. The largest absolute Gasteiger partial charge is 0.497 e. The minimum Gasteiger partial charge on any atom is -0.497 e. The number of imidazole rings is 2. The van der Waals surface area contributed by atoms with E-state index in [1.54, 1.807) is 58.4 Å². The number of nitrogens with one attached hydrogen (secondary N) is 3. The second kappa shape index (κ2) is 30.5. The van der Waals surface area contributed by atoms with Crippen LogP contribution in [0, 0.1) is 17.2 Å². The van der Waals surface area contributed by atoms with Gasteiger partial charge in [-0.3, -0.25) is 42.9 Å². The SMILES string of the molecule is COc1ccc(C(OC[C@H]2O[C@@H](n3cnc4c(=O)[nH]c(NC(=O)C(C)C)nc43)[C@H](OP(OCCC#N)OC[C@H]3O[C@@H](n4cnc5c(NC(=O)c6ccccc6)ncnc54)[C@H](O[PH](=O)O)[C@@H]3O[Si](C)(C)C(C)(C)C)[C@@H]2O[Si](C)(C)C(C)(C)C)(c2ccccc2)c2ccc(OC)cc2)cc1. The zero-order valence-electron chi connectivity index (χ0n) is 57.2. The first-order valence-electron chi connectivity index (χ1n) is 32.0. The number of nitrogens with zero attached hydrogens (tertiary/aromatic N) is 8. The van der Waals surface area contributed by atoms with Gasteiger partial charge in [0.25, 0.3) is 11.5 Å². The van der Waals surface area contributed by atoms with E-state index in [0.29, 0.717) is 17.1 Å². The Hall–Kier alpha value is -7.50.